The Morgan fingerprint density at radius 3 is 2.57 bits per heavy atom. The summed E-state index contributed by atoms with van der Waals surface area (Å²) in [5.74, 6) is 0.300. The van der Waals surface area contributed by atoms with Crippen LogP contribution in [0.15, 0.2) is 24.3 Å². The molecule has 0 radical (unpaired) electrons. The summed E-state index contributed by atoms with van der Waals surface area (Å²) in [4.78, 5) is 2.19. The second-order valence-corrected chi connectivity index (χ2v) is 3.74. The molecule has 0 amide bonds. The summed E-state index contributed by atoms with van der Waals surface area (Å²) in [6.45, 7) is 1.73. The highest BCUT2D eigenvalue weighted by atomic mass is 16.3. The number of phenols is 1. The summed E-state index contributed by atoms with van der Waals surface area (Å²) in [5.41, 5.74) is 1.04. The van der Waals surface area contributed by atoms with Gasteiger partial charge in [-0.05, 0) is 25.0 Å². The molecule has 3 nitrogen and oxygen atoms in total. The van der Waals surface area contributed by atoms with Crippen molar-refractivity contribution in [3.8, 4) is 5.75 Å². The summed E-state index contributed by atoms with van der Waals surface area (Å²) in [6, 6.07) is 7.26. The fourth-order valence-electron chi connectivity index (χ4n) is 1.81. The lowest BCUT2D eigenvalue weighted by Crippen LogP contribution is -2.35. The van der Waals surface area contributed by atoms with E-state index in [1.807, 2.05) is 12.1 Å². The monoisotopic (exact) mass is 193 g/mol. The van der Waals surface area contributed by atoms with Crippen LogP contribution < -0.4 is 4.90 Å². The molecule has 0 spiro atoms. The molecule has 2 N–H and O–H groups in total. The van der Waals surface area contributed by atoms with Gasteiger partial charge in [-0.3, -0.25) is 0 Å². The molecule has 0 bridgehead atoms. The molecular weight excluding hydrogens is 178 g/mol. The van der Waals surface area contributed by atoms with Gasteiger partial charge in [0.2, 0.25) is 0 Å². The van der Waals surface area contributed by atoms with Crippen molar-refractivity contribution in [3.05, 3.63) is 24.3 Å². The first-order chi connectivity index (χ1) is 6.75. The Balaban J connectivity index is 2.08. The first kappa shape index (κ1) is 9.34. The smallest absolute Gasteiger partial charge is 0.117 e. The van der Waals surface area contributed by atoms with E-state index in [-0.39, 0.29) is 6.10 Å². The van der Waals surface area contributed by atoms with E-state index in [1.165, 1.54) is 0 Å². The molecule has 0 saturated carbocycles. The molecule has 0 atom stereocenters. The molecule has 1 aliphatic heterocycles. The van der Waals surface area contributed by atoms with E-state index < -0.39 is 0 Å². The molecule has 0 unspecified atom stereocenters. The topological polar surface area (TPSA) is 43.7 Å². The summed E-state index contributed by atoms with van der Waals surface area (Å²) in [7, 11) is 0. The van der Waals surface area contributed by atoms with Crippen LogP contribution in [0.3, 0.4) is 0 Å². The van der Waals surface area contributed by atoms with Crippen LogP contribution in [-0.4, -0.2) is 29.4 Å². The number of aliphatic hydroxyl groups excluding tert-OH is 1. The third kappa shape index (κ3) is 1.99. The van der Waals surface area contributed by atoms with Crippen LogP contribution in [0.4, 0.5) is 5.69 Å². The number of rotatable bonds is 1. The molecule has 1 aliphatic rings. The van der Waals surface area contributed by atoms with Gasteiger partial charge < -0.3 is 15.1 Å². The molecule has 1 heterocycles. The molecule has 76 valence electrons. The first-order valence-electron chi connectivity index (χ1n) is 4.98. The molecule has 0 aromatic heterocycles. The van der Waals surface area contributed by atoms with Crippen LogP contribution in [0.5, 0.6) is 5.75 Å². The van der Waals surface area contributed by atoms with Crippen LogP contribution in [0.1, 0.15) is 12.8 Å². The predicted molar refractivity (Wildman–Crippen MR) is 55.6 cm³/mol. The van der Waals surface area contributed by atoms with Gasteiger partial charge in [-0.25, -0.2) is 0 Å². The average molecular weight is 193 g/mol. The van der Waals surface area contributed by atoms with E-state index in [0.29, 0.717) is 5.75 Å². The summed E-state index contributed by atoms with van der Waals surface area (Å²) < 4.78 is 0. The van der Waals surface area contributed by atoms with E-state index >= 15 is 0 Å². The van der Waals surface area contributed by atoms with Crippen LogP contribution in [0.2, 0.25) is 0 Å². The van der Waals surface area contributed by atoms with Crippen molar-refractivity contribution >= 4 is 5.69 Å². The molecule has 1 fully saturated rings. The molecule has 3 heteroatoms. The van der Waals surface area contributed by atoms with Crippen LogP contribution in [0.25, 0.3) is 0 Å². The van der Waals surface area contributed by atoms with Crippen molar-refractivity contribution in [2.45, 2.75) is 18.9 Å². The number of aromatic hydroxyl groups is 1. The van der Waals surface area contributed by atoms with Crippen molar-refractivity contribution in [2.24, 2.45) is 0 Å². The maximum atomic E-state index is 9.35. The Hall–Kier alpha value is -1.22. The highest BCUT2D eigenvalue weighted by Crippen LogP contribution is 2.23. The number of aliphatic hydroxyl groups is 1. The van der Waals surface area contributed by atoms with Crippen molar-refractivity contribution in [2.75, 3.05) is 18.0 Å². The molecule has 1 aromatic rings. The molecule has 14 heavy (non-hydrogen) atoms. The van der Waals surface area contributed by atoms with Gasteiger partial charge in [-0.1, -0.05) is 6.07 Å². The molecule has 1 saturated heterocycles. The number of nitrogens with zero attached hydrogens (tertiary/aromatic N) is 1. The first-order valence-corrected chi connectivity index (χ1v) is 4.98. The standard InChI is InChI=1S/C11H15NO2/c13-10-4-6-12(7-5-10)9-2-1-3-11(14)8-9/h1-3,8,10,13-14H,4-7H2. The predicted octanol–water partition coefficient (Wildman–Crippen LogP) is 1.35. The number of hydrogen-bond acceptors (Lipinski definition) is 3. The molecule has 0 aliphatic carbocycles. The summed E-state index contributed by atoms with van der Waals surface area (Å²) >= 11 is 0. The maximum absolute atomic E-state index is 9.35. The second kappa shape index (κ2) is 3.88. The number of anilines is 1. The van der Waals surface area contributed by atoms with Gasteiger partial charge in [0.25, 0.3) is 0 Å². The van der Waals surface area contributed by atoms with Gasteiger partial charge in [0, 0.05) is 24.8 Å². The highest BCUT2D eigenvalue weighted by Gasteiger charge is 2.16. The lowest BCUT2D eigenvalue weighted by atomic mass is 10.1. The Labute approximate surface area is 83.6 Å². The normalized spacial score (nSPS) is 18.5. The van der Waals surface area contributed by atoms with Gasteiger partial charge in [0.1, 0.15) is 5.75 Å². The summed E-state index contributed by atoms with van der Waals surface area (Å²) in [5, 5.41) is 18.7. The van der Waals surface area contributed by atoms with Crippen LogP contribution in [-0.2, 0) is 0 Å². The minimum atomic E-state index is -0.149. The van der Waals surface area contributed by atoms with E-state index in [9.17, 15) is 10.2 Å². The van der Waals surface area contributed by atoms with E-state index in [4.69, 9.17) is 0 Å². The van der Waals surface area contributed by atoms with Gasteiger partial charge in [0.05, 0.1) is 6.10 Å². The van der Waals surface area contributed by atoms with Gasteiger partial charge in [0.15, 0.2) is 0 Å². The van der Waals surface area contributed by atoms with E-state index in [1.54, 1.807) is 12.1 Å². The van der Waals surface area contributed by atoms with E-state index in [0.717, 1.165) is 31.6 Å². The maximum Gasteiger partial charge on any atom is 0.117 e. The van der Waals surface area contributed by atoms with Gasteiger partial charge in [-0.15, -0.1) is 0 Å². The molecule has 1 aromatic carbocycles. The SMILES string of the molecule is Oc1cccc(N2CCC(O)CC2)c1. The zero-order valence-electron chi connectivity index (χ0n) is 8.06. The van der Waals surface area contributed by atoms with Crippen molar-refractivity contribution < 1.29 is 10.2 Å². The van der Waals surface area contributed by atoms with Crippen LogP contribution in [0, 0.1) is 0 Å². The second-order valence-electron chi connectivity index (χ2n) is 3.74. The Bertz CT molecular complexity index is 306. The zero-order chi connectivity index (χ0) is 9.97. The minimum absolute atomic E-state index is 0.149. The average Bonchev–Trinajstić information content (AvgIpc) is 2.19. The van der Waals surface area contributed by atoms with Crippen LogP contribution >= 0.6 is 0 Å². The third-order valence-corrected chi connectivity index (χ3v) is 2.66. The lowest BCUT2D eigenvalue weighted by Gasteiger charge is -2.31. The molecular formula is C11H15NO2. The highest BCUT2D eigenvalue weighted by molar-refractivity contribution is 5.50. The minimum Gasteiger partial charge on any atom is -0.508 e. The van der Waals surface area contributed by atoms with Crippen molar-refractivity contribution in [3.63, 3.8) is 0 Å². The zero-order valence-corrected chi connectivity index (χ0v) is 8.06. The van der Waals surface area contributed by atoms with Crippen molar-refractivity contribution in [1.82, 2.24) is 0 Å². The fourth-order valence-corrected chi connectivity index (χ4v) is 1.81. The van der Waals surface area contributed by atoms with Gasteiger partial charge in [-0.2, -0.15) is 0 Å². The Morgan fingerprint density at radius 2 is 1.93 bits per heavy atom. The number of piperidine rings is 1. The van der Waals surface area contributed by atoms with Crippen molar-refractivity contribution in [1.29, 1.82) is 0 Å². The third-order valence-electron chi connectivity index (χ3n) is 2.66. The quantitative estimate of drug-likeness (QED) is 0.707. The largest absolute Gasteiger partial charge is 0.508 e. The van der Waals surface area contributed by atoms with Gasteiger partial charge >= 0.3 is 0 Å². The number of phenolic OH excluding ortho intramolecular Hbond substituents is 1. The number of benzene rings is 1. The number of hydrogen-bond donors (Lipinski definition) is 2. The Morgan fingerprint density at radius 1 is 1.21 bits per heavy atom. The lowest BCUT2D eigenvalue weighted by molar-refractivity contribution is 0.145. The Kier molecular flexibility index (Phi) is 2.59. The van der Waals surface area contributed by atoms with E-state index in [2.05, 4.69) is 4.90 Å². The molecule has 2 rings (SSSR count). The fraction of sp³-hybridized carbons (Fsp3) is 0.455. The summed E-state index contributed by atoms with van der Waals surface area (Å²) in [6.07, 6.45) is 1.48.